The molecule has 3 aromatic rings. The molecule has 4 rings (SSSR count). The van der Waals surface area contributed by atoms with Crippen LogP contribution in [0, 0.1) is 6.92 Å². The Kier molecular flexibility index (Phi) is 3.79. The number of nitrogens with zero attached hydrogens (tertiary/aromatic N) is 4. The van der Waals surface area contributed by atoms with E-state index >= 15 is 0 Å². The monoisotopic (exact) mass is 364 g/mol. The van der Waals surface area contributed by atoms with Gasteiger partial charge in [-0.2, -0.15) is 13.2 Å². The molecule has 0 unspecified atom stereocenters. The highest BCUT2D eigenvalue weighted by Gasteiger charge is 2.34. The van der Waals surface area contributed by atoms with Crippen molar-refractivity contribution >= 4 is 32.9 Å². The highest BCUT2D eigenvalue weighted by Crippen LogP contribution is 2.36. The van der Waals surface area contributed by atoms with Crippen molar-refractivity contribution in [2.75, 3.05) is 29.6 Å². The fourth-order valence-corrected chi connectivity index (χ4v) is 3.87. The van der Waals surface area contributed by atoms with Crippen LogP contribution >= 0.6 is 11.3 Å². The average Bonchev–Trinajstić information content (AvgIpc) is 3.22. The molecule has 25 heavy (non-hydrogen) atoms. The summed E-state index contributed by atoms with van der Waals surface area (Å²) in [6.45, 7) is 3.45. The van der Waals surface area contributed by atoms with E-state index in [1.807, 2.05) is 22.5 Å². The van der Waals surface area contributed by atoms with Crippen LogP contribution in [0.15, 0.2) is 36.1 Å². The number of thiazole rings is 1. The maximum Gasteiger partial charge on any atom is 0.418 e. The third-order valence-electron chi connectivity index (χ3n) is 4.50. The summed E-state index contributed by atoms with van der Waals surface area (Å²) in [5.41, 5.74) is 3.91. The fraction of sp³-hybridized carbons (Fsp3) is 0.294. The molecule has 0 spiro atoms. The second-order valence-electron chi connectivity index (χ2n) is 6.00. The number of anilines is 2. The van der Waals surface area contributed by atoms with Gasteiger partial charge in [0.25, 0.3) is 0 Å². The molecule has 1 aromatic carbocycles. The van der Waals surface area contributed by atoms with E-state index in [0.717, 1.165) is 28.6 Å². The Morgan fingerprint density at radius 2 is 1.92 bits per heavy atom. The smallest absolute Gasteiger partial charge is 0.352 e. The Bertz CT molecular complexity index is 922. The number of fused-ring (bicyclic) bond motifs is 1. The second kappa shape index (κ2) is 5.87. The summed E-state index contributed by atoms with van der Waals surface area (Å²) in [6.07, 6.45) is -1.98. The quantitative estimate of drug-likeness (QED) is 0.679. The van der Waals surface area contributed by atoms with Crippen molar-refractivity contribution in [1.29, 1.82) is 0 Å². The number of halogens is 3. The minimum Gasteiger partial charge on any atom is -0.352 e. The van der Waals surface area contributed by atoms with Gasteiger partial charge >= 0.3 is 6.18 Å². The number of pyridine rings is 1. The topological polar surface area (TPSA) is 32.3 Å². The standard InChI is InChI=1S/C17H15F3N4S/c1-11-13(17(18,19)20)7-21-8-15(11)24-5-4-23(10-24)12-2-3-14-16(6-12)25-9-22-14/h2-3,6-9H,4-5,10H2,1H3. The molecular weight excluding hydrogens is 349 g/mol. The lowest BCUT2D eigenvalue weighted by Gasteiger charge is -2.23. The fourth-order valence-electron chi connectivity index (χ4n) is 3.16. The second-order valence-corrected chi connectivity index (χ2v) is 6.89. The van der Waals surface area contributed by atoms with Crippen molar-refractivity contribution in [2.45, 2.75) is 13.1 Å². The molecule has 8 heteroatoms. The van der Waals surface area contributed by atoms with E-state index in [9.17, 15) is 13.2 Å². The van der Waals surface area contributed by atoms with Gasteiger partial charge in [-0.05, 0) is 30.7 Å². The van der Waals surface area contributed by atoms with Crippen molar-refractivity contribution in [3.05, 3.63) is 47.2 Å². The zero-order valence-electron chi connectivity index (χ0n) is 13.4. The van der Waals surface area contributed by atoms with Crippen LogP contribution in [0.25, 0.3) is 10.2 Å². The molecule has 1 fully saturated rings. The first-order valence-corrected chi connectivity index (χ1v) is 8.66. The number of aromatic nitrogens is 2. The summed E-state index contributed by atoms with van der Waals surface area (Å²) < 4.78 is 40.4. The summed E-state index contributed by atoms with van der Waals surface area (Å²) in [5, 5.41) is 0. The lowest BCUT2D eigenvalue weighted by Crippen LogP contribution is -2.26. The van der Waals surface area contributed by atoms with E-state index in [2.05, 4.69) is 20.9 Å². The molecule has 3 heterocycles. The van der Waals surface area contributed by atoms with Crippen LogP contribution in [-0.2, 0) is 6.18 Å². The molecule has 4 nitrogen and oxygen atoms in total. The number of hydrogen-bond donors (Lipinski definition) is 0. The van der Waals surface area contributed by atoms with Crippen molar-refractivity contribution < 1.29 is 13.2 Å². The molecule has 1 saturated heterocycles. The summed E-state index contributed by atoms with van der Waals surface area (Å²) in [5.74, 6) is 0. The predicted molar refractivity (Wildman–Crippen MR) is 93.2 cm³/mol. The number of rotatable bonds is 2. The van der Waals surface area contributed by atoms with Gasteiger partial charge < -0.3 is 9.80 Å². The molecule has 1 aliphatic heterocycles. The Labute approximate surface area is 146 Å². The van der Waals surface area contributed by atoms with E-state index in [4.69, 9.17) is 0 Å². The Morgan fingerprint density at radius 3 is 2.72 bits per heavy atom. The maximum absolute atomic E-state index is 13.1. The Hall–Kier alpha value is -2.35. The van der Waals surface area contributed by atoms with E-state index in [0.29, 0.717) is 18.9 Å². The van der Waals surface area contributed by atoms with Crippen LogP contribution in [-0.4, -0.2) is 29.7 Å². The molecule has 0 amide bonds. The Morgan fingerprint density at radius 1 is 1.12 bits per heavy atom. The van der Waals surface area contributed by atoms with Crippen molar-refractivity contribution in [2.24, 2.45) is 0 Å². The van der Waals surface area contributed by atoms with Gasteiger partial charge in [-0.15, -0.1) is 11.3 Å². The molecule has 130 valence electrons. The lowest BCUT2D eigenvalue weighted by atomic mass is 10.1. The average molecular weight is 364 g/mol. The molecule has 1 aliphatic rings. The van der Waals surface area contributed by atoms with Crippen molar-refractivity contribution in [3.63, 3.8) is 0 Å². The van der Waals surface area contributed by atoms with E-state index in [-0.39, 0.29) is 5.56 Å². The van der Waals surface area contributed by atoms with Crippen LogP contribution in [0.1, 0.15) is 11.1 Å². The molecule has 0 N–H and O–H groups in total. The maximum atomic E-state index is 13.1. The van der Waals surface area contributed by atoms with Gasteiger partial charge in [0.2, 0.25) is 0 Å². The van der Waals surface area contributed by atoms with Gasteiger partial charge in [0.15, 0.2) is 0 Å². The van der Waals surface area contributed by atoms with E-state index in [1.165, 1.54) is 13.1 Å². The third-order valence-corrected chi connectivity index (χ3v) is 5.29. The van der Waals surface area contributed by atoms with Crippen LogP contribution < -0.4 is 9.80 Å². The lowest BCUT2D eigenvalue weighted by molar-refractivity contribution is -0.138. The molecule has 0 saturated carbocycles. The summed E-state index contributed by atoms with van der Waals surface area (Å²) in [6, 6.07) is 6.05. The SMILES string of the molecule is Cc1c(N2CCN(c3ccc4ncsc4c3)C2)cncc1C(F)(F)F. The van der Waals surface area contributed by atoms with Crippen LogP contribution in [0.2, 0.25) is 0 Å². The van der Waals surface area contributed by atoms with Gasteiger partial charge in [-0.25, -0.2) is 4.98 Å². The Balaban J connectivity index is 1.60. The highest BCUT2D eigenvalue weighted by molar-refractivity contribution is 7.16. The largest absolute Gasteiger partial charge is 0.418 e. The molecule has 0 atom stereocenters. The van der Waals surface area contributed by atoms with Crippen LogP contribution in [0.4, 0.5) is 24.5 Å². The van der Waals surface area contributed by atoms with Gasteiger partial charge in [-0.3, -0.25) is 4.98 Å². The molecule has 0 aliphatic carbocycles. The van der Waals surface area contributed by atoms with Crippen molar-refractivity contribution in [1.82, 2.24) is 9.97 Å². The van der Waals surface area contributed by atoms with Gasteiger partial charge in [0.1, 0.15) is 0 Å². The van der Waals surface area contributed by atoms with Gasteiger partial charge in [0, 0.05) is 25.0 Å². The molecule has 0 radical (unpaired) electrons. The highest BCUT2D eigenvalue weighted by atomic mass is 32.1. The zero-order chi connectivity index (χ0) is 17.6. The first-order chi connectivity index (χ1) is 11.9. The predicted octanol–water partition coefficient (Wildman–Crippen LogP) is 4.30. The molecule has 0 bridgehead atoms. The minimum absolute atomic E-state index is 0.224. The van der Waals surface area contributed by atoms with E-state index in [1.54, 1.807) is 11.3 Å². The first-order valence-electron chi connectivity index (χ1n) is 7.78. The molecular formula is C17H15F3N4S. The number of hydrogen-bond acceptors (Lipinski definition) is 5. The van der Waals surface area contributed by atoms with Crippen LogP contribution in [0.3, 0.4) is 0 Å². The zero-order valence-corrected chi connectivity index (χ0v) is 14.2. The molecule has 2 aromatic heterocycles. The van der Waals surface area contributed by atoms with E-state index < -0.39 is 11.7 Å². The first kappa shape index (κ1) is 16.1. The van der Waals surface area contributed by atoms with Gasteiger partial charge in [0.05, 0.1) is 39.8 Å². The number of benzene rings is 1. The summed E-state index contributed by atoms with van der Waals surface area (Å²) in [7, 11) is 0. The minimum atomic E-state index is -4.39. The van der Waals surface area contributed by atoms with Crippen molar-refractivity contribution in [3.8, 4) is 0 Å². The normalized spacial score (nSPS) is 15.4. The van der Waals surface area contributed by atoms with Gasteiger partial charge in [-0.1, -0.05) is 0 Å². The number of alkyl halides is 3. The third kappa shape index (κ3) is 2.90. The van der Waals surface area contributed by atoms with Crippen LogP contribution in [0.5, 0.6) is 0 Å². The summed E-state index contributed by atoms with van der Waals surface area (Å²) >= 11 is 1.58. The summed E-state index contributed by atoms with van der Waals surface area (Å²) in [4.78, 5) is 12.2.